The van der Waals surface area contributed by atoms with Gasteiger partial charge < -0.3 is 15.0 Å². The average Bonchev–Trinajstić information content (AvgIpc) is 3.16. The van der Waals surface area contributed by atoms with Crippen LogP contribution in [0.4, 0.5) is 14.6 Å². The first-order chi connectivity index (χ1) is 14.9. The number of nitrogens with one attached hydrogen (secondary N) is 3. The number of carbonyl (C=O) groups excluding carboxylic acids is 1. The standard InChI is InChI=1S/C22H14F2N4O3/c1-31-12-3-4-13-18(9-12)27-28-21(13)26-22(30)16-8-11(24)7-15-19(16)25-17-5-2-10(23)6-14(17)20(15)29/h2-9H,1H3,(H,25,29)(H2,26,27,28,30). The third kappa shape index (κ3) is 3.07. The topological polar surface area (TPSA) is 99.9 Å². The molecule has 0 fully saturated rings. The Morgan fingerprint density at radius 2 is 1.77 bits per heavy atom. The number of halogens is 2. The highest BCUT2D eigenvalue weighted by atomic mass is 19.1. The van der Waals surface area contributed by atoms with Crippen LogP contribution in [-0.2, 0) is 0 Å². The smallest absolute Gasteiger partial charge is 0.259 e. The summed E-state index contributed by atoms with van der Waals surface area (Å²) in [5, 5.41) is 10.2. The van der Waals surface area contributed by atoms with Gasteiger partial charge in [0.15, 0.2) is 11.2 Å². The second kappa shape index (κ2) is 6.91. The zero-order valence-electron chi connectivity index (χ0n) is 16.0. The maximum Gasteiger partial charge on any atom is 0.259 e. The summed E-state index contributed by atoms with van der Waals surface area (Å²) >= 11 is 0. The van der Waals surface area contributed by atoms with Crippen molar-refractivity contribution in [2.75, 3.05) is 12.4 Å². The van der Waals surface area contributed by atoms with Crippen molar-refractivity contribution in [3.05, 3.63) is 76.0 Å². The van der Waals surface area contributed by atoms with Gasteiger partial charge in [0.1, 0.15) is 17.4 Å². The molecule has 1 amide bonds. The maximum absolute atomic E-state index is 14.3. The quantitative estimate of drug-likeness (QED) is 0.383. The van der Waals surface area contributed by atoms with Gasteiger partial charge >= 0.3 is 0 Å². The number of anilines is 1. The monoisotopic (exact) mass is 420 g/mol. The van der Waals surface area contributed by atoms with Crippen molar-refractivity contribution in [2.24, 2.45) is 0 Å². The van der Waals surface area contributed by atoms with E-state index < -0.39 is 23.0 Å². The molecule has 5 rings (SSSR count). The molecule has 0 spiro atoms. The molecule has 2 aromatic heterocycles. The van der Waals surface area contributed by atoms with Crippen molar-refractivity contribution < 1.29 is 18.3 Å². The highest BCUT2D eigenvalue weighted by Gasteiger charge is 2.18. The third-order valence-electron chi connectivity index (χ3n) is 5.08. The number of amides is 1. The second-order valence-corrected chi connectivity index (χ2v) is 6.96. The summed E-state index contributed by atoms with van der Waals surface area (Å²) in [6.45, 7) is 0. The zero-order chi connectivity index (χ0) is 21.7. The fourth-order valence-corrected chi connectivity index (χ4v) is 3.59. The molecule has 3 N–H and O–H groups in total. The van der Waals surface area contributed by atoms with E-state index >= 15 is 0 Å². The lowest BCUT2D eigenvalue weighted by Crippen LogP contribution is -2.16. The van der Waals surface area contributed by atoms with Crippen LogP contribution in [0, 0.1) is 11.6 Å². The van der Waals surface area contributed by atoms with Gasteiger partial charge in [-0.2, -0.15) is 5.10 Å². The van der Waals surface area contributed by atoms with Gasteiger partial charge in [0.05, 0.1) is 23.7 Å². The number of fused-ring (bicyclic) bond motifs is 3. The fourth-order valence-electron chi connectivity index (χ4n) is 3.59. The Labute approximate surface area is 172 Å². The first-order valence-electron chi connectivity index (χ1n) is 9.23. The number of aromatic nitrogens is 3. The van der Waals surface area contributed by atoms with Crippen molar-refractivity contribution in [3.8, 4) is 5.75 Å². The number of ether oxygens (including phenoxy) is 1. The first kappa shape index (κ1) is 18.7. The van der Waals surface area contributed by atoms with Gasteiger partial charge in [-0.1, -0.05) is 0 Å². The molecule has 9 heteroatoms. The van der Waals surface area contributed by atoms with E-state index in [2.05, 4.69) is 20.5 Å². The number of H-pyrrole nitrogens is 2. The van der Waals surface area contributed by atoms with E-state index in [4.69, 9.17) is 4.74 Å². The van der Waals surface area contributed by atoms with Crippen LogP contribution in [0.3, 0.4) is 0 Å². The summed E-state index contributed by atoms with van der Waals surface area (Å²) in [6.07, 6.45) is 0. The Balaban J connectivity index is 1.64. The summed E-state index contributed by atoms with van der Waals surface area (Å²) in [6, 6.07) is 10.9. The van der Waals surface area contributed by atoms with Crippen LogP contribution >= 0.6 is 0 Å². The predicted molar refractivity (Wildman–Crippen MR) is 113 cm³/mol. The van der Waals surface area contributed by atoms with Gasteiger partial charge in [0.2, 0.25) is 0 Å². The van der Waals surface area contributed by atoms with Crippen LogP contribution in [0.2, 0.25) is 0 Å². The molecule has 31 heavy (non-hydrogen) atoms. The summed E-state index contributed by atoms with van der Waals surface area (Å²) in [5.41, 5.74) is 0.457. The average molecular weight is 420 g/mol. The Kier molecular flexibility index (Phi) is 4.18. The summed E-state index contributed by atoms with van der Waals surface area (Å²) < 4.78 is 33.0. The van der Waals surface area contributed by atoms with Crippen LogP contribution in [0.5, 0.6) is 5.75 Å². The minimum atomic E-state index is -0.768. The Morgan fingerprint density at radius 1 is 0.968 bits per heavy atom. The van der Waals surface area contributed by atoms with Gasteiger partial charge in [-0.15, -0.1) is 0 Å². The second-order valence-electron chi connectivity index (χ2n) is 6.96. The van der Waals surface area contributed by atoms with Crippen molar-refractivity contribution in [1.82, 2.24) is 15.2 Å². The van der Waals surface area contributed by atoms with E-state index in [0.29, 0.717) is 22.2 Å². The molecular weight excluding hydrogens is 406 g/mol. The lowest BCUT2D eigenvalue weighted by Gasteiger charge is -2.09. The van der Waals surface area contributed by atoms with E-state index in [1.807, 2.05) is 0 Å². The van der Waals surface area contributed by atoms with Gasteiger partial charge in [0, 0.05) is 27.7 Å². The lowest BCUT2D eigenvalue weighted by atomic mass is 10.1. The number of carbonyl (C=O) groups is 1. The largest absolute Gasteiger partial charge is 0.497 e. The lowest BCUT2D eigenvalue weighted by molar-refractivity contribution is 0.102. The molecule has 2 heterocycles. The number of hydrogen-bond acceptors (Lipinski definition) is 4. The molecule has 0 saturated heterocycles. The number of hydrogen-bond donors (Lipinski definition) is 3. The molecule has 7 nitrogen and oxygen atoms in total. The molecule has 3 aromatic carbocycles. The van der Waals surface area contributed by atoms with Crippen LogP contribution in [0.25, 0.3) is 32.7 Å². The van der Waals surface area contributed by atoms with E-state index in [9.17, 15) is 18.4 Å². The first-order valence-corrected chi connectivity index (χ1v) is 9.23. The zero-order valence-corrected chi connectivity index (χ0v) is 16.0. The summed E-state index contributed by atoms with van der Waals surface area (Å²) in [4.78, 5) is 28.8. The number of rotatable bonds is 3. The molecule has 0 saturated carbocycles. The Hall–Kier alpha value is -4.27. The maximum atomic E-state index is 14.3. The van der Waals surface area contributed by atoms with Crippen molar-refractivity contribution in [1.29, 1.82) is 0 Å². The summed E-state index contributed by atoms with van der Waals surface area (Å²) in [7, 11) is 1.54. The van der Waals surface area contributed by atoms with Gasteiger partial charge in [-0.05, 0) is 42.5 Å². The van der Waals surface area contributed by atoms with E-state index in [1.54, 1.807) is 18.2 Å². The van der Waals surface area contributed by atoms with Gasteiger partial charge in [0.25, 0.3) is 5.91 Å². The fraction of sp³-hybridized carbons (Fsp3) is 0.0455. The van der Waals surface area contributed by atoms with E-state index in [0.717, 1.165) is 18.2 Å². The Morgan fingerprint density at radius 3 is 2.58 bits per heavy atom. The minimum absolute atomic E-state index is 0.0557. The number of pyridine rings is 1. The van der Waals surface area contributed by atoms with Crippen molar-refractivity contribution >= 4 is 44.4 Å². The summed E-state index contributed by atoms with van der Waals surface area (Å²) in [5.74, 6) is -1.16. The van der Waals surface area contributed by atoms with Crippen LogP contribution in [-0.4, -0.2) is 28.2 Å². The number of aromatic amines is 2. The molecule has 0 aliphatic heterocycles. The molecule has 0 aliphatic rings. The molecular formula is C22H14F2N4O3. The van der Waals surface area contributed by atoms with Crippen LogP contribution < -0.4 is 15.5 Å². The van der Waals surface area contributed by atoms with E-state index in [1.165, 1.54) is 19.2 Å². The van der Waals surface area contributed by atoms with Gasteiger partial charge in [-0.25, -0.2) is 8.78 Å². The highest BCUT2D eigenvalue weighted by Crippen LogP contribution is 2.26. The van der Waals surface area contributed by atoms with Gasteiger partial charge in [-0.3, -0.25) is 14.7 Å². The predicted octanol–water partition coefficient (Wildman–Crippen LogP) is 4.10. The molecule has 5 aromatic rings. The molecule has 0 bridgehead atoms. The van der Waals surface area contributed by atoms with Crippen LogP contribution in [0.1, 0.15) is 10.4 Å². The number of nitrogens with zero attached hydrogens (tertiary/aromatic N) is 1. The SMILES string of the molecule is COc1ccc2c(NC(=O)c3cc(F)cc4c(=O)c5cc(F)ccc5[nH]c34)n[nH]c2c1. The van der Waals surface area contributed by atoms with Crippen LogP contribution in [0.15, 0.2) is 53.3 Å². The third-order valence-corrected chi connectivity index (χ3v) is 5.08. The molecule has 0 aliphatic carbocycles. The normalized spacial score (nSPS) is 11.3. The molecule has 0 unspecified atom stereocenters. The minimum Gasteiger partial charge on any atom is -0.497 e. The molecule has 154 valence electrons. The highest BCUT2D eigenvalue weighted by molar-refractivity contribution is 6.14. The van der Waals surface area contributed by atoms with Crippen molar-refractivity contribution in [3.63, 3.8) is 0 Å². The number of methoxy groups -OCH3 is 1. The number of benzene rings is 3. The molecule has 0 radical (unpaired) electrons. The molecule has 0 atom stereocenters. The van der Waals surface area contributed by atoms with Crippen molar-refractivity contribution in [2.45, 2.75) is 0 Å². The Bertz CT molecular complexity index is 1570. The van der Waals surface area contributed by atoms with E-state index in [-0.39, 0.29) is 27.7 Å².